The monoisotopic (exact) mass is 256 g/mol. The molecule has 0 spiro atoms. The quantitative estimate of drug-likeness (QED) is 0.406. The van der Waals surface area contributed by atoms with Crippen molar-refractivity contribution >= 4 is 11.9 Å². The van der Waals surface area contributed by atoms with Crippen molar-refractivity contribution < 1.29 is 14.7 Å². The molecule has 1 aromatic heterocycles. The lowest BCUT2D eigenvalue weighted by molar-refractivity contribution is -0.141. The Morgan fingerprint density at radius 1 is 1.50 bits per heavy atom. The van der Waals surface area contributed by atoms with Crippen molar-refractivity contribution in [3.05, 3.63) is 22.4 Å². The van der Waals surface area contributed by atoms with Gasteiger partial charge in [-0.05, 0) is 13.0 Å². The van der Waals surface area contributed by atoms with Crippen molar-refractivity contribution in [3.63, 3.8) is 0 Å². The number of imidazole rings is 1. The van der Waals surface area contributed by atoms with Gasteiger partial charge in [0.1, 0.15) is 6.04 Å². The maximum absolute atomic E-state index is 11.4. The Kier molecular flexibility index (Phi) is 5.12. The summed E-state index contributed by atoms with van der Waals surface area (Å²) in [6.45, 7) is 0.371. The lowest BCUT2D eigenvalue weighted by Gasteiger charge is -2.13. The standard InChI is InChI=1S/C10H16N4O4/c11-3-1-2-8(15)14-7(9(16)17)4-6-5-12-10(18)13-6/h5,7H,1-4,11H2,(H,14,15)(H,16,17)(H2,12,13,18)/t7-/m0/s1. The number of hydrogen-bond donors (Lipinski definition) is 5. The minimum Gasteiger partial charge on any atom is -0.480 e. The van der Waals surface area contributed by atoms with Gasteiger partial charge in [0.05, 0.1) is 0 Å². The molecule has 8 heteroatoms. The average molecular weight is 256 g/mol. The van der Waals surface area contributed by atoms with Gasteiger partial charge in [0.15, 0.2) is 0 Å². The Hall–Kier alpha value is -2.09. The second-order valence-electron chi connectivity index (χ2n) is 3.82. The molecule has 1 amide bonds. The number of aromatic nitrogens is 2. The number of carbonyl (C=O) groups is 2. The average Bonchev–Trinajstić information content (AvgIpc) is 2.71. The van der Waals surface area contributed by atoms with Crippen LogP contribution in [0.1, 0.15) is 18.5 Å². The maximum Gasteiger partial charge on any atom is 0.326 e. The van der Waals surface area contributed by atoms with Crippen LogP contribution >= 0.6 is 0 Å². The highest BCUT2D eigenvalue weighted by molar-refractivity contribution is 5.83. The van der Waals surface area contributed by atoms with Crippen LogP contribution in [0, 0.1) is 0 Å². The molecule has 1 atom stereocenters. The summed E-state index contributed by atoms with van der Waals surface area (Å²) < 4.78 is 0. The number of carboxylic acid groups (broad SMARTS) is 1. The van der Waals surface area contributed by atoms with Gasteiger partial charge in [-0.1, -0.05) is 0 Å². The molecule has 18 heavy (non-hydrogen) atoms. The molecule has 6 N–H and O–H groups in total. The Morgan fingerprint density at radius 3 is 2.72 bits per heavy atom. The molecule has 0 saturated carbocycles. The molecule has 1 aromatic rings. The molecular formula is C10H16N4O4. The molecule has 0 aliphatic heterocycles. The van der Waals surface area contributed by atoms with E-state index in [1.165, 1.54) is 6.20 Å². The van der Waals surface area contributed by atoms with E-state index in [0.29, 0.717) is 18.7 Å². The number of aromatic amines is 2. The van der Waals surface area contributed by atoms with Crippen molar-refractivity contribution in [3.8, 4) is 0 Å². The molecule has 0 unspecified atom stereocenters. The molecule has 8 nitrogen and oxygen atoms in total. The first-order valence-corrected chi connectivity index (χ1v) is 5.51. The number of aliphatic carboxylic acids is 1. The first-order chi connectivity index (χ1) is 8.52. The van der Waals surface area contributed by atoms with Crippen LogP contribution in [0.5, 0.6) is 0 Å². The van der Waals surface area contributed by atoms with Crippen LogP contribution in [0.25, 0.3) is 0 Å². The SMILES string of the molecule is NCCCC(=O)N[C@@H](Cc1c[nH]c(=O)[nH]1)C(=O)O. The molecule has 0 bridgehead atoms. The number of carboxylic acids is 1. The molecular weight excluding hydrogens is 240 g/mol. The number of rotatable bonds is 7. The number of amides is 1. The number of carbonyl (C=O) groups excluding carboxylic acids is 1. The van der Waals surface area contributed by atoms with Gasteiger partial charge in [-0.3, -0.25) is 4.79 Å². The predicted molar refractivity (Wildman–Crippen MR) is 63.0 cm³/mol. The van der Waals surface area contributed by atoms with E-state index in [4.69, 9.17) is 10.8 Å². The van der Waals surface area contributed by atoms with Crippen molar-refractivity contribution in [1.29, 1.82) is 0 Å². The Balaban J connectivity index is 2.57. The van der Waals surface area contributed by atoms with Crippen molar-refractivity contribution in [2.24, 2.45) is 5.73 Å². The highest BCUT2D eigenvalue weighted by Gasteiger charge is 2.20. The van der Waals surface area contributed by atoms with E-state index in [2.05, 4.69) is 15.3 Å². The van der Waals surface area contributed by atoms with Crippen molar-refractivity contribution in [2.45, 2.75) is 25.3 Å². The van der Waals surface area contributed by atoms with E-state index in [9.17, 15) is 14.4 Å². The first-order valence-electron chi connectivity index (χ1n) is 5.51. The normalized spacial score (nSPS) is 12.1. The van der Waals surface area contributed by atoms with E-state index >= 15 is 0 Å². The van der Waals surface area contributed by atoms with Crippen LogP contribution in [0.15, 0.2) is 11.0 Å². The van der Waals surface area contributed by atoms with Crippen LogP contribution in [-0.4, -0.2) is 39.5 Å². The fourth-order valence-electron chi connectivity index (χ4n) is 1.43. The number of hydrogen-bond acceptors (Lipinski definition) is 4. The van der Waals surface area contributed by atoms with Gasteiger partial charge in [0.25, 0.3) is 0 Å². The summed E-state index contributed by atoms with van der Waals surface area (Å²) >= 11 is 0. The van der Waals surface area contributed by atoms with Crippen LogP contribution < -0.4 is 16.7 Å². The molecule has 0 aliphatic rings. The third kappa shape index (κ3) is 4.42. The zero-order chi connectivity index (χ0) is 13.5. The van der Waals surface area contributed by atoms with Crippen LogP contribution in [0.4, 0.5) is 0 Å². The predicted octanol–water partition coefficient (Wildman–Crippen LogP) is -1.45. The number of nitrogens with two attached hydrogens (primary N) is 1. The smallest absolute Gasteiger partial charge is 0.326 e. The molecule has 1 rings (SSSR count). The highest BCUT2D eigenvalue weighted by atomic mass is 16.4. The lowest BCUT2D eigenvalue weighted by Crippen LogP contribution is -2.42. The fourth-order valence-corrected chi connectivity index (χ4v) is 1.43. The van der Waals surface area contributed by atoms with E-state index in [-0.39, 0.29) is 18.7 Å². The van der Waals surface area contributed by atoms with Crippen LogP contribution in [0.2, 0.25) is 0 Å². The van der Waals surface area contributed by atoms with E-state index < -0.39 is 17.7 Å². The molecule has 100 valence electrons. The summed E-state index contributed by atoms with van der Waals surface area (Å²) in [7, 11) is 0. The Labute approximate surface area is 103 Å². The van der Waals surface area contributed by atoms with Gasteiger partial charge in [0.2, 0.25) is 5.91 Å². The minimum absolute atomic E-state index is 0.0163. The topological polar surface area (TPSA) is 141 Å². The zero-order valence-corrected chi connectivity index (χ0v) is 9.73. The molecule has 0 fully saturated rings. The van der Waals surface area contributed by atoms with Crippen molar-refractivity contribution in [1.82, 2.24) is 15.3 Å². The minimum atomic E-state index is -1.15. The molecule has 0 aromatic carbocycles. The first kappa shape index (κ1) is 14.0. The third-order valence-electron chi connectivity index (χ3n) is 2.32. The number of H-pyrrole nitrogens is 2. The fraction of sp³-hybridized carbons (Fsp3) is 0.500. The summed E-state index contributed by atoms with van der Waals surface area (Å²) in [5.74, 6) is -1.52. The molecule has 0 radical (unpaired) electrons. The summed E-state index contributed by atoms with van der Waals surface area (Å²) in [6.07, 6.45) is 2.08. The summed E-state index contributed by atoms with van der Waals surface area (Å²) in [6, 6.07) is -1.07. The Morgan fingerprint density at radius 2 is 2.22 bits per heavy atom. The zero-order valence-electron chi connectivity index (χ0n) is 9.73. The molecule has 1 heterocycles. The van der Waals surface area contributed by atoms with Gasteiger partial charge < -0.3 is 26.1 Å². The lowest BCUT2D eigenvalue weighted by atomic mass is 10.1. The van der Waals surface area contributed by atoms with E-state index in [1.807, 2.05) is 0 Å². The van der Waals surface area contributed by atoms with Gasteiger partial charge >= 0.3 is 11.7 Å². The summed E-state index contributed by atoms with van der Waals surface area (Å²) in [5, 5.41) is 11.4. The summed E-state index contributed by atoms with van der Waals surface area (Å²) in [5.41, 5.74) is 5.26. The van der Waals surface area contributed by atoms with E-state index in [0.717, 1.165) is 0 Å². The van der Waals surface area contributed by atoms with Crippen molar-refractivity contribution in [2.75, 3.05) is 6.54 Å². The van der Waals surface area contributed by atoms with Gasteiger partial charge in [-0.15, -0.1) is 0 Å². The maximum atomic E-state index is 11.4. The van der Waals surface area contributed by atoms with Crippen LogP contribution in [-0.2, 0) is 16.0 Å². The molecule has 0 aliphatic carbocycles. The number of nitrogens with one attached hydrogen (secondary N) is 3. The van der Waals surface area contributed by atoms with Crippen LogP contribution in [0.3, 0.4) is 0 Å². The van der Waals surface area contributed by atoms with E-state index in [1.54, 1.807) is 0 Å². The Bertz CT molecular complexity index is 464. The highest BCUT2D eigenvalue weighted by Crippen LogP contribution is 1.98. The largest absolute Gasteiger partial charge is 0.480 e. The second kappa shape index (κ2) is 6.60. The van der Waals surface area contributed by atoms with Gasteiger partial charge in [0, 0.05) is 24.7 Å². The molecule has 0 saturated heterocycles. The van der Waals surface area contributed by atoms with Gasteiger partial charge in [-0.2, -0.15) is 0 Å². The second-order valence-corrected chi connectivity index (χ2v) is 3.82. The third-order valence-corrected chi connectivity index (χ3v) is 2.32. The summed E-state index contributed by atoms with van der Waals surface area (Å²) in [4.78, 5) is 38.0. The van der Waals surface area contributed by atoms with Gasteiger partial charge in [-0.25, -0.2) is 9.59 Å².